The first kappa shape index (κ1) is 15.6. The molecule has 7 nitrogen and oxygen atoms in total. The third kappa shape index (κ3) is 3.06. The highest BCUT2D eigenvalue weighted by molar-refractivity contribution is 5.91. The number of likely N-dealkylation sites (tertiary alicyclic amines) is 1. The van der Waals surface area contributed by atoms with Crippen LogP contribution in [0.15, 0.2) is 49.1 Å². The molecule has 0 radical (unpaired) electrons. The molecule has 128 valence electrons. The summed E-state index contributed by atoms with van der Waals surface area (Å²) < 4.78 is 1.78. The number of rotatable bonds is 5. The molecular formula is C18H19N5O2. The maximum Gasteiger partial charge on any atom is 0.337 e. The Morgan fingerprint density at radius 2 is 2.20 bits per heavy atom. The van der Waals surface area contributed by atoms with Gasteiger partial charge in [0.1, 0.15) is 0 Å². The molecule has 7 heteroatoms. The SMILES string of the molecule is O=C(O)c1ccccc1-n1cnc(CN2CCC[C@H]2c2ccn[nH]2)c1. The van der Waals surface area contributed by atoms with E-state index in [0.717, 1.165) is 37.3 Å². The van der Waals surface area contributed by atoms with Gasteiger partial charge in [0.25, 0.3) is 0 Å². The average molecular weight is 337 g/mol. The predicted octanol–water partition coefficient (Wildman–Crippen LogP) is 2.63. The molecule has 2 aromatic heterocycles. The molecule has 0 aliphatic carbocycles. The molecule has 0 amide bonds. The number of H-pyrrole nitrogens is 1. The highest BCUT2D eigenvalue weighted by Crippen LogP contribution is 2.31. The molecule has 4 rings (SSSR count). The van der Waals surface area contributed by atoms with Crippen molar-refractivity contribution in [1.29, 1.82) is 0 Å². The van der Waals surface area contributed by atoms with E-state index in [0.29, 0.717) is 11.7 Å². The average Bonchev–Trinajstić information content (AvgIpc) is 3.36. The second-order valence-electron chi connectivity index (χ2n) is 6.24. The van der Waals surface area contributed by atoms with Crippen molar-refractivity contribution in [3.63, 3.8) is 0 Å². The fourth-order valence-electron chi connectivity index (χ4n) is 3.48. The first-order valence-corrected chi connectivity index (χ1v) is 8.31. The number of nitrogens with zero attached hydrogens (tertiary/aromatic N) is 4. The van der Waals surface area contributed by atoms with Crippen molar-refractivity contribution < 1.29 is 9.90 Å². The summed E-state index contributed by atoms with van der Waals surface area (Å²) in [5, 5.41) is 16.5. The van der Waals surface area contributed by atoms with E-state index in [1.165, 1.54) is 0 Å². The van der Waals surface area contributed by atoms with Crippen LogP contribution in [0.25, 0.3) is 5.69 Å². The molecule has 3 aromatic rings. The molecule has 1 fully saturated rings. The monoisotopic (exact) mass is 337 g/mol. The van der Waals surface area contributed by atoms with Crippen LogP contribution in [0.2, 0.25) is 0 Å². The second kappa shape index (κ2) is 6.52. The summed E-state index contributed by atoms with van der Waals surface area (Å²) in [6, 6.07) is 9.30. The zero-order chi connectivity index (χ0) is 17.2. The van der Waals surface area contributed by atoms with Crippen molar-refractivity contribution in [2.45, 2.75) is 25.4 Å². The highest BCUT2D eigenvalue weighted by Gasteiger charge is 2.27. The van der Waals surface area contributed by atoms with E-state index in [-0.39, 0.29) is 5.56 Å². The maximum atomic E-state index is 11.4. The zero-order valence-corrected chi connectivity index (χ0v) is 13.7. The second-order valence-corrected chi connectivity index (χ2v) is 6.24. The summed E-state index contributed by atoms with van der Waals surface area (Å²) in [4.78, 5) is 18.3. The Balaban J connectivity index is 1.55. The molecule has 0 bridgehead atoms. The number of hydrogen-bond acceptors (Lipinski definition) is 4. The third-order valence-electron chi connectivity index (χ3n) is 4.66. The number of aromatic carboxylic acids is 1. The Hall–Kier alpha value is -2.93. The Kier molecular flexibility index (Phi) is 4.07. The molecule has 0 unspecified atom stereocenters. The van der Waals surface area contributed by atoms with Crippen molar-refractivity contribution in [1.82, 2.24) is 24.6 Å². The number of imidazole rings is 1. The van der Waals surface area contributed by atoms with Crippen LogP contribution in [-0.2, 0) is 6.54 Å². The van der Waals surface area contributed by atoms with Crippen LogP contribution in [0.5, 0.6) is 0 Å². The zero-order valence-electron chi connectivity index (χ0n) is 13.7. The first-order valence-electron chi connectivity index (χ1n) is 8.31. The third-order valence-corrected chi connectivity index (χ3v) is 4.66. The largest absolute Gasteiger partial charge is 0.478 e. The molecule has 1 aliphatic rings. The van der Waals surface area contributed by atoms with E-state index in [4.69, 9.17) is 0 Å². The van der Waals surface area contributed by atoms with Gasteiger partial charge in [-0.2, -0.15) is 5.10 Å². The van der Waals surface area contributed by atoms with Gasteiger partial charge in [0.05, 0.1) is 35.0 Å². The van der Waals surface area contributed by atoms with Gasteiger partial charge >= 0.3 is 5.97 Å². The number of aromatic amines is 1. The lowest BCUT2D eigenvalue weighted by molar-refractivity contribution is 0.0697. The van der Waals surface area contributed by atoms with Crippen molar-refractivity contribution in [2.24, 2.45) is 0 Å². The van der Waals surface area contributed by atoms with Crippen LogP contribution < -0.4 is 0 Å². The lowest BCUT2D eigenvalue weighted by Crippen LogP contribution is -2.23. The molecule has 25 heavy (non-hydrogen) atoms. The Morgan fingerprint density at radius 1 is 1.32 bits per heavy atom. The van der Waals surface area contributed by atoms with Gasteiger partial charge in [-0.15, -0.1) is 0 Å². The number of carbonyl (C=O) groups is 1. The van der Waals surface area contributed by atoms with Crippen LogP contribution in [0.4, 0.5) is 0 Å². The lowest BCUT2D eigenvalue weighted by Gasteiger charge is -2.22. The van der Waals surface area contributed by atoms with Crippen LogP contribution in [0, 0.1) is 0 Å². The van der Waals surface area contributed by atoms with Gasteiger partial charge in [0.15, 0.2) is 0 Å². The molecule has 1 aromatic carbocycles. The van der Waals surface area contributed by atoms with E-state index in [2.05, 4.69) is 20.1 Å². The minimum Gasteiger partial charge on any atom is -0.478 e. The number of carboxylic acids is 1. The summed E-state index contributed by atoms with van der Waals surface area (Å²) in [6.07, 6.45) is 7.61. The van der Waals surface area contributed by atoms with Crippen molar-refractivity contribution in [3.05, 3.63) is 66.0 Å². The lowest BCUT2D eigenvalue weighted by atomic mass is 10.1. The van der Waals surface area contributed by atoms with Crippen LogP contribution in [-0.4, -0.2) is 42.3 Å². The van der Waals surface area contributed by atoms with Gasteiger partial charge in [-0.05, 0) is 37.6 Å². The number of para-hydroxylation sites is 1. The smallest absolute Gasteiger partial charge is 0.337 e. The van der Waals surface area contributed by atoms with Gasteiger partial charge in [0.2, 0.25) is 0 Å². The van der Waals surface area contributed by atoms with Gasteiger partial charge in [-0.25, -0.2) is 9.78 Å². The topological polar surface area (TPSA) is 87.0 Å². The Labute approximate surface area is 144 Å². The summed E-state index contributed by atoms with van der Waals surface area (Å²) in [5.74, 6) is -0.940. The van der Waals surface area contributed by atoms with E-state index >= 15 is 0 Å². The van der Waals surface area contributed by atoms with Crippen LogP contribution >= 0.6 is 0 Å². The summed E-state index contributed by atoms with van der Waals surface area (Å²) in [7, 11) is 0. The summed E-state index contributed by atoms with van der Waals surface area (Å²) in [5.41, 5.74) is 2.95. The number of aromatic nitrogens is 4. The van der Waals surface area contributed by atoms with Crippen LogP contribution in [0.3, 0.4) is 0 Å². The van der Waals surface area contributed by atoms with Gasteiger partial charge < -0.3 is 9.67 Å². The van der Waals surface area contributed by atoms with Crippen LogP contribution in [0.1, 0.15) is 40.6 Å². The van der Waals surface area contributed by atoms with E-state index in [9.17, 15) is 9.90 Å². The standard InChI is InChI=1S/C18H19N5O2/c24-18(25)14-4-1-2-5-16(14)23-11-13(19-12-23)10-22-9-3-6-17(22)15-7-8-20-21-15/h1-2,4-5,7-8,11-12,17H,3,6,9-10H2,(H,20,21)(H,24,25)/t17-/m0/s1. The molecule has 3 heterocycles. The number of nitrogens with one attached hydrogen (secondary N) is 1. The maximum absolute atomic E-state index is 11.4. The van der Waals surface area contributed by atoms with E-state index in [1.807, 2.05) is 18.3 Å². The molecule has 0 saturated carbocycles. The van der Waals surface area contributed by atoms with Gasteiger partial charge in [0, 0.05) is 18.9 Å². The van der Waals surface area contributed by atoms with Gasteiger partial charge in [-0.3, -0.25) is 10.00 Å². The number of hydrogen-bond donors (Lipinski definition) is 2. The van der Waals surface area contributed by atoms with Crippen molar-refractivity contribution in [3.8, 4) is 5.69 Å². The molecule has 1 aliphatic heterocycles. The Bertz CT molecular complexity index is 871. The molecule has 0 spiro atoms. The quantitative estimate of drug-likeness (QED) is 0.747. The highest BCUT2D eigenvalue weighted by atomic mass is 16.4. The van der Waals surface area contributed by atoms with E-state index in [1.54, 1.807) is 35.3 Å². The Morgan fingerprint density at radius 3 is 3.00 bits per heavy atom. The predicted molar refractivity (Wildman–Crippen MR) is 91.5 cm³/mol. The normalized spacial score (nSPS) is 17.8. The van der Waals surface area contributed by atoms with Crippen molar-refractivity contribution >= 4 is 5.97 Å². The molecule has 1 saturated heterocycles. The molecule has 1 atom stereocenters. The van der Waals surface area contributed by atoms with Gasteiger partial charge in [-0.1, -0.05) is 12.1 Å². The minimum absolute atomic E-state index is 0.267. The van der Waals surface area contributed by atoms with Crippen molar-refractivity contribution in [2.75, 3.05) is 6.54 Å². The summed E-state index contributed by atoms with van der Waals surface area (Å²) in [6.45, 7) is 1.74. The number of carboxylic acid groups (broad SMARTS) is 1. The summed E-state index contributed by atoms with van der Waals surface area (Å²) >= 11 is 0. The van der Waals surface area contributed by atoms with E-state index < -0.39 is 5.97 Å². The number of benzene rings is 1. The minimum atomic E-state index is -0.940. The molecular weight excluding hydrogens is 318 g/mol. The first-order chi connectivity index (χ1) is 12.2. The fourth-order valence-corrected chi connectivity index (χ4v) is 3.48. The molecule has 2 N–H and O–H groups in total. The fraction of sp³-hybridized carbons (Fsp3) is 0.278.